The van der Waals surface area contributed by atoms with Crippen LogP contribution >= 0.6 is 11.3 Å². The molecule has 0 atom stereocenters. The number of nitrogens with zero attached hydrogens (tertiary/aromatic N) is 1. The number of aryl methyl sites for hydroxylation is 1. The first-order valence-electron chi connectivity index (χ1n) is 5.91. The molecule has 3 rings (SSSR count). The number of fused-ring (bicyclic) bond motifs is 1. The van der Waals surface area contributed by atoms with Gasteiger partial charge in [-0.05, 0) is 42.8 Å². The Hall–Kier alpha value is -2.27. The first kappa shape index (κ1) is 11.8. The lowest BCUT2D eigenvalue weighted by atomic mass is 10.2. The molecule has 0 aliphatic carbocycles. The lowest BCUT2D eigenvalue weighted by molar-refractivity contribution is 1.42. The molecule has 5 N–H and O–H groups in total. The van der Waals surface area contributed by atoms with E-state index < -0.39 is 0 Å². The van der Waals surface area contributed by atoms with Crippen molar-refractivity contribution in [3.05, 3.63) is 42.0 Å². The van der Waals surface area contributed by atoms with Crippen molar-refractivity contribution in [2.24, 2.45) is 0 Å². The van der Waals surface area contributed by atoms with Gasteiger partial charge in [0.15, 0.2) is 5.13 Å². The molecule has 0 aliphatic rings. The minimum Gasteiger partial charge on any atom is -0.399 e. The van der Waals surface area contributed by atoms with Crippen LogP contribution in [0.5, 0.6) is 0 Å². The van der Waals surface area contributed by atoms with Crippen LogP contribution in [0.4, 0.5) is 22.2 Å². The van der Waals surface area contributed by atoms with E-state index in [1.807, 2.05) is 43.3 Å². The maximum Gasteiger partial charge on any atom is 0.188 e. The number of hydrogen-bond donors (Lipinski definition) is 3. The molecule has 2 aromatic carbocycles. The van der Waals surface area contributed by atoms with Gasteiger partial charge in [-0.15, -0.1) is 0 Å². The van der Waals surface area contributed by atoms with E-state index in [9.17, 15) is 0 Å². The molecular weight excluding hydrogens is 256 g/mol. The third-order valence-electron chi connectivity index (χ3n) is 2.86. The van der Waals surface area contributed by atoms with Gasteiger partial charge in [-0.2, -0.15) is 0 Å². The quantitative estimate of drug-likeness (QED) is 0.623. The van der Waals surface area contributed by atoms with E-state index in [0.717, 1.165) is 38.0 Å². The van der Waals surface area contributed by atoms with Crippen LogP contribution in [-0.2, 0) is 0 Å². The summed E-state index contributed by atoms with van der Waals surface area (Å²) in [5.41, 5.74) is 16.2. The van der Waals surface area contributed by atoms with Crippen molar-refractivity contribution in [2.45, 2.75) is 6.92 Å². The van der Waals surface area contributed by atoms with Crippen LogP contribution in [0.3, 0.4) is 0 Å². The third-order valence-corrected chi connectivity index (χ3v) is 3.79. The maximum absolute atomic E-state index is 5.98. The van der Waals surface area contributed by atoms with Gasteiger partial charge in [0.2, 0.25) is 0 Å². The van der Waals surface area contributed by atoms with Crippen LogP contribution in [0.1, 0.15) is 5.56 Å². The maximum atomic E-state index is 5.98. The Morgan fingerprint density at radius 2 is 1.95 bits per heavy atom. The molecule has 3 aromatic rings. The van der Waals surface area contributed by atoms with Gasteiger partial charge in [0, 0.05) is 5.69 Å². The van der Waals surface area contributed by atoms with E-state index in [1.165, 1.54) is 0 Å². The Labute approximate surface area is 115 Å². The highest BCUT2D eigenvalue weighted by Crippen LogP contribution is 2.31. The first-order valence-corrected chi connectivity index (χ1v) is 6.73. The molecule has 0 amide bonds. The number of anilines is 4. The summed E-state index contributed by atoms with van der Waals surface area (Å²) in [6, 6.07) is 11.6. The zero-order chi connectivity index (χ0) is 13.4. The van der Waals surface area contributed by atoms with Crippen LogP contribution in [-0.4, -0.2) is 4.98 Å². The summed E-state index contributed by atoms with van der Waals surface area (Å²) < 4.78 is 1.06. The Kier molecular flexibility index (Phi) is 2.76. The van der Waals surface area contributed by atoms with E-state index in [2.05, 4.69) is 10.3 Å². The highest BCUT2D eigenvalue weighted by atomic mass is 32.1. The topological polar surface area (TPSA) is 77.0 Å². The van der Waals surface area contributed by atoms with Gasteiger partial charge in [-0.25, -0.2) is 4.98 Å². The summed E-state index contributed by atoms with van der Waals surface area (Å²) in [4.78, 5) is 4.51. The SMILES string of the molecule is Cc1ccc(Nc2nc3ccc(N)cc3s2)c(N)c1. The molecule has 0 aliphatic heterocycles. The fraction of sp³-hybridized carbons (Fsp3) is 0.0714. The molecule has 0 saturated heterocycles. The molecule has 0 unspecified atom stereocenters. The minimum absolute atomic E-state index is 0.721. The van der Waals surface area contributed by atoms with Crippen molar-refractivity contribution < 1.29 is 0 Å². The van der Waals surface area contributed by atoms with Gasteiger partial charge in [-0.3, -0.25) is 0 Å². The van der Waals surface area contributed by atoms with Crippen molar-refractivity contribution in [3.8, 4) is 0 Å². The van der Waals surface area contributed by atoms with E-state index in [0.29, 0.717) is 0 Å². The zero-order valence-corrected chi connectivity index (χ0v) is 11.3. The van der Waals surface area contributed by atoms with Gasteiger partial charge in [0.1, 0.15) is 0 Å². The molecular formula is C14H14N4S. The molecule has 19 heavy (non-hydrogen) atoms. The molecule has 0 fully saturated rings. The number of nitrogens with one attached hydrogen (secondary N) is 1. The second kappa shape index (κ2) is 4.44. The van der Waals surface area contributed by atoms with Crippen molar-refractivity contribution in [3.63, 3.8) is 0 Å². The van der Waals surface area contributed by atoms with Crippen molar-refractivity contribution in [2.75, 3.05) is 16.8 Å². The third kappa shape index (κ3) is 2.32. The van der Waals surface area contributed by atoms with Gasteiger partial charge >= 0.3 is 0 Å². The largest absolute Gasteiger partial charge is 0.399 e. The Morgan fingerprint density at radius 1 is 1.11 bits per heavy atom. The number of rotatable bonds is 2. The van der Waals surface area contributed by atoms with E-state index in [1.54, 1.807) is 11.3 Å². The predicted molar refractivity (Wildman–Crippen MR) is 82.9 cm³/mol. The summed E-state index contributed by atoms with van der Waals surface area (Å²) >= 11 is 1.56. The Balaban J connectivity index is 1.96. The van der Waals surface area contributed by atoms with Crippen molar-refractivity contribution >= 4 is 43.7 Å². The number of benzene rings is 2. The van der Waals surface area contributed by atoms with E-state index in [4.69, 9.17) is 11.5 Å². The standard InChI is InChI=1S/C14H14N4S/c1-8-2-4-11(10(16)6-8)17-14-18-12-5-3-9(15)7-13(12)19-14/h2-7H,15-16H2,1H3,(H,17,18). The average Bonchev–Trinajstić information content (AvgIpc) is 2.74. The summed E-state index contributed by atoms with van der Waals surface area (Å²) in [7, 11) is 0. The number of thiazole rings is 1. The molecule has 0 radical (unpaired) electrons. The normalized spacial score (nSPS) is 10.8. The molecule has 5 heteroatoms. The smallest absolute Gasteiger partial charge is 0.188 e. The number of hydrogen-bond acceptors (Lipinski definition) is 5. The molecule has 0 bridgehead atoms. The molecule has 4 nitrogen and oxygen atoms in total. The van der Waals surface area contributed by atoms with Gasteiger partial charge in [0.05, 0.1) is 21.6 Å². The Bertz CT molecular complexity index is 748. The Morgan fingerprint density at radius 3 is 2.74 bits per heavy atom. The van der Waals surface area contributed by atoms with Gasteiger partial charge in [-0.1, -0.05) is 17.4 Å². The summed E-state index contributed by atoms with van der Waals surface area (Å²) in [5, 5.41) is 4.07. The van der Waals surface area contributed by atoms with Crippen LogP contribution in [0, 0.1) is 6.92 Å². The first-order chi connectivity index (χ1) is 9.11. The van der Waals surface area contributed by atoms with Gasteiger partial charge < -0.3 is 16.8 Å². The second-order valence-corrected chi connectivity index (χ2v) is 5.49. The van der Waals surface area contributed by atoms with Crippen LogP contribution in [0.15, 0.2) is 36.4 Å². The summed E-state index contributed by atoms with van der Waals surface area (Å²) in [6.07, 6.45) is 0. The fourth-order valence-corrected chi connectivity index (χ4v) is 2.83. The highest BCUT2D eigenvalue weighted by molar-refractivity contribution is 7.22. The monoisotopic (exact) mass is 270 g/mol. The van der Waals surface area contributed by atoms with Crippen LogP contribution < -0.4 is 16.8 Å². The average molecular weight is 270 g/mol. The highest BCUT2D eigenvalue weighted by Gasteiger charge is 2.06. The fourth-order valence-electron chi connectivity index (χ4n) is 1.91. The van der Waals surface area contributed by atoms with Crippen LogP contribution in [0.2, 0.25) is 0 Å². The van der Waals surface area contributed by atoms with E-state index >= 15 is 0 Å². The lowest BCUT2D eigenvalue weighted by Gasteiger charge is -2.06. The molecule has 1 aromatic heterocycles. The van der Waals surface area contributed by atoms with Crippen molar-refractivity contribution in [1.29, 1.82) is 0 Å². The molecule has 1 heterocycles. The number of aromatic nitrogens is 1. The predicted octanol–water partition coefficient (Wildman–Crippen LogP) is 3.51. The molecule has 0 spiro atoms. The molecule has 0 saturated carbocycles. The minimum atomic E-state index is 0.721. The summed E-state index contributed by atoms with van der Waals surface area (Å²) in [6.45, 7) is 2.01. The van der Waals surface area contributed by atoms with E-state index in [-0.39, 0.29) is 0 Å². The van der Waals surface area contributed by atoms with Crippen molar-refractivity contribution in [1.82, 2.24) is 4.98 Å². The van der Waals surface area contributed by atoms with Crippen LogP contribution in [0.25, 0.3) is 10.2 Å². The summed E-state index contributed by atoms with van der Waals surface area (Å²) in [5.74, 6) is 0. The number of nitrogen functional groups attached to an aromatic ring is 2. The molecule has 96 valence electrons. The zero-order valence-electron chi connectivity index (χ0n) is 10.5. The number of nitrogens with two attached hydrogens (primary N) is 2. The second-order valence-electron chi connectivity index (χ2n) is 4.46. The van der Waals surface area contributed by atoms with Gasteiger partial charge in [0.25, 0.3) is 0 Å². The lowest BCUT2D eigenvalue weighted by Crippen LogP contribution is -1.96.